The van der Waals surface area contributed by atoms with Crippen molar-refractivity contribution in [2.45, 2.75) is 12.8 Å². The first-order valence-corrected chi connectivity index (χ1v) is 3.84. The van der Waals surface area contributed by atoms with E-state index < -0.39 is 0 Å². The first kappa shape index (κ1) is 8.08. The van der Waals surface area contributed by atoms with Crippen LogP contribution in [0.2, 0.25) is 0 Å². The monoisotopic (exact) mass is 150 g/mol. The Kier molecular flexibility index (Phi) is 2.93. The molecule has 0 unspecified atom stereocenters. The lowest BCUT2D eigenvalue weighted by Crippen LogP contribution is -1.98. The van der Waals surface area contributed by atoms with E-state index in [4.69, 9.17) is 11.5 Å². The zero-order valence-corrected chi connectivity index (χ0v) is 6.59. The van der Waals surface area contributed by atoms with Crippen molar-refractivity contribution in [2.75, 3.05) is 6.54 Å². The van der Waals surface area contributed by atoms with Crippen LogP contribution in [0.15, 0.2) is 35.6 Å². The van der Waals surface area contributed by atoms with Gasteiger partial charge in [0.2, 0.25) is 0 Å². The maximum atomic E-state index is 5.63. The van der Waals surface area contributed by atoms with Gasteiger partial charge in [0.25, 0.3) is 0 Å². The highest BCUT2D eigenvalue weighted by atomic mass is 14.6. The summed E-state index contributed by atoms with van der Waals surface area (Å²) in [5, 5.41) is 0. The predicted molar refractivity (Wildman–Crippen MR) is 47.8 cm³/mol. The van der Waals surface area contributed by atoms with E-state index in [-0.39, 0.29) is 0 Å². The minimum Gasteiger partial charge on any atom is -0.402 e. The van der Waals surface area contributed by atoms with Gasteiger partial charge in [0.05, 0.1) is 0 Å². The number of allylic oxidation sites excluding steroid dienone is 4. The zero-order valence-electron chi connectivity index (χ0n) is 6.59. The number of hydrogen-bond acceptors (Lipinski definition) is 2. The predicted octanol–water partition coefficient (Wildman–Crippen LogP) is 1.06. The molecule has 0 aromatic rings. The van der Waals surface area contributed by atoms with E-state index in [1.165, 1.54) is 5.57 Å². The van der Waals surface area contributed by atoms with E-state index in [0.717, 1.165) is 18.5 Å². The molecule has 1 rings (SSSR count). The molecule has 0 radical (unpaired) electrons. The molecule has 0 saturated carbocycles. The Morgan fingerprint density at radius 1 is 1.36 bits per heavy atom. The summed E-state index contributed by atoms with van der Waals surface area (Å²) in [6.45, 7) is 0.698. The lowest BCUT2D eigenvalue weighted by molar-refractivity contribution is 0.973. The average Bonchev–Trinajstić information content (AvgIpc) is 2.17. The van der Waals surface area contributed by atoms with Gasteiger partial charge in [0.1, 0.15) is 0 Å². The Morgan fingerprint density at radius 3 is 2.91 bits per heavy atom. The van der Waals surface area contributed by atoms with Crippen LogP contribution in [-0.2, 0) is 0 Å². The van der Waals surface area contributed by atoms with Crippen molar-refractivity contribution < 1.29 is 0 Å². The van der Waals surface area contributed by atoms with Crippen molar-refractivity contribution in [3.05, 3.63) is 35.6 Å². The summed E-state index contributed by atoms with van der Waals surface area (Å²) in [6, 6.07) is 0. The minimum atomic E-state index is 0.698. The van der Waals surface area contributed by atoms with Crippen molar-refractivity contribution in [2.24, 2.45) is 11.5 Å². The fourth-order valence-corrected chi connectivity index (χ4v) is 1.02. The summed E-state index contributed by atoms with van der Waals surface area (Å²) in [4.78, 5) is 0. The highest BCUT2D eigenvalue weighted by Gasteiger charge is 1.94. The summed E-state index contributed by atoms with van der Waals surface area (Å²) in [5.41, 5.74) is 13.2. The maximum absolute atomic E-state index is 5.63. The van der Waals surface area contributed by atoms with Gasteiger partial charge in [-0.05, 0) is 24.6 Å². The number of nitrogens with two attached hydrogens (primary N) is 2. The molecular formula is C9H14N2. The van der Waals surface area contributed by atoms with Gasteiger partial charge in [-0.3, -0.25) is 0 Å². The van der Waals surface area contributed by atoms with Crippen LogP contribution < -0.4 is 11.5 Å². The molecule has 0 aromatic heterocycles. The summed E-state index contributed by atoms with van der Waals surface area (Å²) in [6.07, 6.45) is 9.92. The van der Waals surface area contributed by atoms with Crippen molar-refractivity contribution >= 4 is 0 Å². The molecule has 11 heavy (non-hydrogen) atoms. The van der Waals surface area contributed by atoms with Gasteiger partial charge in [-0.2, -0.15) is 0 Å². The Morgan fingerprint density at radius 2 is 2.18 bits per heavy atom. The second-order valence-electron chi connectivity index (χ2n) is 2.63. The van der Waals surface area contributed by atoms with Crippen LogP contribution in [0, 0.1) is 0 Å². The third-order valence-electron chi connectivity index (χ3n) is 1.63. The van der Waals surface area contributed by atoms with E-state index in [9.17, 15) is 0 Å². The topological polar surface area (TPSA) is 52.0 Å². The third-order valence-corrected chi connectivity index (χ3v) is 1.63. The fraction of sp³-hybridized carbons (Fsp3) is 0.333. The average molecular weight is 150 g/mol. The van der Waals surface area contributed by atoms with Gasteiger partial charge in [-0.25, -0.2) is 0 Å². The SMILES string of the molecule is NCCC1=CC=C(N)CC=C1. The van der Waals surface area contributed by atoms with E-state index in [1.807, 2.05) is 12.2 Å². The highest BCUT2D eigenvalue weighted by molar-refractivity contribution is 5.29. The number of rotatable bonds is 2. The Labute approximate surface area is 67.3 Å². The molecule has 0 atom stereocenters. The fourth-order valence-electron chi connectivity index (χ4n) is 1.02. The molecule has 0 amide bonds. The highest BCUT2D eigenvalue weighted by Crippen LogP contribution is 2.09. The molecule has 0 bridgehead atoms. The van der Waals surface area contributed by atoms with Crippen molar-refractivity contribution in [1.82, 2.24) is 0 Å². The summed E-state index contributed by atoms with van der Waals surface area (Å²) >= 11 is 0. The Hall–Kier alpha value is -1.02. The van der Waals surface area contributed by atoms with Crippen LogP contribution >= 0.6 is 0 Å². The van der Waals surface area contributed by atoms with Gasteiger partial charge in [0, 0.05) is 12.1 Å². The molecule has 4 N–H and O–H groups in total. The lowest BCUT2D eigenvalue weighted by atomic mass is 10.2. The van der Waals surface area contributed by atoms with Gasteiger partial charge in [0.15, 0.2) is 0 Å². The normalized spacial score (nSPS) is 17.2. The van der Waals surface area contributed by atoms with E-state index in [1.54, 1.807) is 0 Å². The summed E-state index contributed by atoms with van der Waals surface area (Å²) < 4.78 is 0. The standard InChI is InChI=1S/C9H14N2/c10-7-6-8-2-1-3-9(11)5-4-8/h1-2,4-5H,3,6-7,10-11H2. The molecule has 2 heteroatoms. The van der Waals surface area contributed by atoms with Crippen LogP contribution in [0.4, 0.5) is 0 Å². The lowest BCUT2D eigenvalue weighted by Gasteiger charge is -1.94. The van der Waals surface area contributed by atoms with Crippen molar-refractivity contribution in [3.8, 4) is 0 Å². The molecular weight excluding hydrogens is 136 g/mol. The Balaban J connectivity index is 2.64. The van der Waals surface area contributed by atoms with Crippen molar-refractivity contribution in [1.29, 1.82) is 0 Å². The van der Waals surface area contributed by atoms with Crippen LogP contribution in [0.5, 0.6) is 0 Å². The molecule has 0 spiro atoms. The van der Waals surface area contributed by atoms with E-state index in [2.05, 4.69) is 12.2 Å². The minimum absolute atomic E-state index is 0.698. The first-order valence-electron chi connectivity index (χ1n) is 3.84. The molecule has 0 fully saturated rings. The molecule has 2 nitrogen and oxygen atoms in total. The first-order chi connectivity index (χ1) is 5.33. The molecule has 60 valence electrons. The smallest absolute Gasteiger partial charge is 0.0119 e. The van der Waals surface area contributed by atoms with Crippen LogP contribution in [0.3, 0.4) is 0 Å². The summed E-state index contributed by atoms with van der Waals surface area (Å²) in [7, 11) is 0. The third kappa shape index (κ3) is 2.60. The summed E-state index contributed by atoms with van der Waals surface area (Å²) in [5.74, 6) is 0. The molecule has 0 aliphatic heterocycles. The molecule has 1 aliphatic rings. The quantitative estimate of drug-likeness (QED) is 0.618. The largest absolute Gasteiger partial charge is 0.402 e. The molecule has 1 aliphatic carbocycles. The van der Waals surface area contributed by atoms with Gasteiger partial charge in [-0.1, -0.05) is 18.2 Å². The van der Waals surface area contributed by atoms with Gasteiger partial charge >= 0.3 is 0 Å². The van der Waals surface area contributed by atoms with E-state index in [0.29, 0.717) is 6.54 Å². The molecule has 0 heterocycles. The Bertz CT molecular complexity index is 212. The maximum Gasteiger partial charge on any atom is 0.0119 e. The second kappa shape index (κ2) is 3.98. The van der Waals surface area contributed by atoms with Crippen LogP contribution in [0.1, 0.15) is 12.8 Å². The zero-order chi connectivity index (χ0) is 8.10. The van der Waals surface area contributed by atoms with Crippen molar-refractivity contribution in [3.63, 3.8) is 0 Å². The van der Waals surface area contributed by atoms with Gasteiger partial charge < -0.3 is 11.5 Å². The van der Waals surface area contributed by atoms with Crippen LogP contribution in [-0.4, -0.2) is 6.54 Å². The molecule has 0 saturated heterocycles. The van der Waals surface area contributed by atoms with Crippen LogP contribution in [0.25, 0.3) is 0 Å². The second-order valence-corrected chi connectivity index (χ2v) is 2.63. The van der Waals surface area contributed by atoms with E-state index >= 15 is 0 Å². The van der Waals surface area contributed by atoms with Gasteiger partial charge in [-0.15, -0.1) is 0 Å². The number of hydrogen-bond donors (Lipinski definition) is 2. The molecule has 0 aromatic carbocycles.